The van der Waals surface area contributed by atoms with Crippen LogP contribution in [0.25, 0.3) is 0 Å². The highest BCUT2D eigenvalue weighted by Gasteiger charge is 2.23. The lowest BCUT2D eigenvalue weighted by atomic mass is 10.2. The molecule has 0 aliphatic carbocycles. The number of hydroxylamine groups is 2. The fourth-order valence-corrected chi connectivity index (χ4v) is 1.68. The van der Waals surface area contributed by atoms with Crippen LogP contribution in [0.5, 0.6) is 0 Å². The standard InChI is InChI=1S/C14H20N2O5/c1-16(20-2)13(17)12(15-14(18)19)8-9-21-10-11-6-4-3-5-7-11/h3-7,12,15H,8-10H2,1-2H3,(H,18,19)/t12-/m0/s1. The van der Waals surface area contributed by atoms with Crippen molar-refractivity contribution in [1.82, 2.24) is 10.4 Å². The van der Waals surface area contributed by atoms with E-state index in [2.05, 4.69) is 5.32 Å². The number of nitrogens with zero attached hydrogens (tertiary/aromatic N) is 1. The Bertz CT molecular complexity index is 452. The van der Waals surface area contributed by atoms with Gasteiger partial charge in [-0.05, 0) is 5.56 Å². The maximum atomic E-state index is 11.9. The number of rotatable bonds is 8. The molecular formula is C14H20N2O5. The SMILES string of the molecule is CON(C)C(=O)[C@H](CCOCc1ccccc1)NC(=O)O. The van der Waals surface area contributed by atoms with Gasteiger partial charge in [0, 0.05) is 20.1 Å². The van der Waals surface area contributed by atoms with Crippen LogP contribution in [0.3, 0.4) is 0 Å². The second-order valence-electron chi connectivity index (χ2n) is 4.35. The summed E-state index contributed by atoms with van der Waals surface area (Å²) in [6, 6.07) is 8.68. The molecule has 0 heterocycles. The fraction of sp³-hybridized carbons (Fsp3) is 0.429. The highest BCUT2D eigenvalue weighted by Crippen LogP contribution is 2.03. The Labute approximate surface area is 123 Å². The highest BCUT2D eigenvalue weighted by molar-refractivity contribution is 5.84. The van der Waals surface area contributed by atoms with Crippen LogP contribution in [0, 0.1) is 0 Å². The molecule has 0 saturated carbocycles. The van der Waals surface area contributed by atoms with Crippen molar-refractivity contribution in [2.45, 2.75) is 19.1 Å². The van der Waals surface area contributed by atoms with Gasteiger partial charge in [-0.3, -0.25) is 9.63 Å². The van der Waals surface area contributed by atoms with E-state index < -0.39 is 18.0 Å². The molecular weight excluding hydrogens is 276 g/mol. The molecule has 21 heavy (non-hydrogen) atoms. The van der Waals surface area contributed by atoms with E-state index in [-0.39, 0.29) is 13.0 Å². The minimum absolute atomic E-state index is 0.228. The lowest BCUT2D eigenvalue weighted by molar-refractivity contribution is -0.171. The third-order valence-electron chi connectivity index (χ3n) is 2.84. The van der Waals surface area contributed by atoms with E-state index in [4.69, 9.17) is 14.7 Å². The van der Waals surface area contributed by atoms with Gasteiger partial charge in [0.25, 0.3) is 5.91 Å². The molecule has 2 N–H and O–H groups in total. The summed E-state index contributed by atoms with van der Waals surface area (Å²) >= 11 is 0. The molecule has 0 saturated heterocycles. The van der Waals surface area contributed by atoms with Gasteiger partial charge in [-0.15, -0.1) is 0 Å². The van der Waals surface area contributed by atoms with E-state index >= 15 is 0 Å². The topological polar surface area (TPSA) is 88.1 Å². The molecule has 7 heteroatoms. The summed E-state index contributed by atoms with van der Waals surface area (Å²) in [4.78, 5) is 27.4. The molecule has 116 valence electrons. The Hall–Kier alpha value is -2.12. The molecule has 7 nitrogen and oxygen atoms in total. The molecule has 1 rings (SSSR count). The highest BCUT2D eigenvalue weighted by atomic mass is 16.7. The van der Waals surface area contributed by atoms with Gasteiger partial charge in [0.05, 0.1) is 13.7 Å². The molecule has 0 aliphatic heterocycles. The zero-order chi connectivity index (χ0) is 15.7. The number of likely N-dealkylation sites (N-methyl/N-ethyl adjacent to an activating group) is 1. The first-order chi connectivity index (χ1) is 10.0. The number of nitrogens with one attached hydrogen (secondary N) is 1. The normalized spacial score (nSPS) is 11.7. The Kier molecular flexibility index (Phi) is 7.20. The average Bonchev–Trinajstić information content (AvgIpc) is 2.49. The Morgan fingerprint density at radius 2 is 2.00 bits per heavy atom. The first-order valence-corrected chi connectivity index (χ1v) is 6.47. The molecule has 0 aliphatic rings. The summed E-state index contributed by atoms with van der Waals surface area (Å²) in [5.41, 5.74) is 1.01. The van der Waals surface area contributed by atoms with Crippen molar-refractivity contribution in [2.75, 3.05) is 20.8 Å². The molecule has 1 aromatic rings. The molecule has 2 amide bonds. The first kappa shape index (κ1) is 16.9. The number of hydrogen-bond donors (Lipinski definition) is 2. The van der Waals surface area contributed by atoms with Crippen molar-refractivity contribution in [2.24, 2.45) is 0 Å². The number of carbonyl (C=O) groups is 2. The van der Waals surface area contributed by atoms with E-state index in [0.29, 0.717) is 6.61 Å². The number of hydrogen-bond acceptors (Lipinski definition) is 4. The predicted octanol–water partition coefficient (Wildman–Crippen LogP) is 1.25. The van der Waals surface area contributed by atoms with Crippen molar-refractivity contribution >= 4 is 12.0 Å². The molecule has 0 radical (unpaired) electrons. The van der Waals surface area contributed by atoms with Gasteiger partial charge in [-0.25, -0.2) is 9.86 Å². The summed E-state index contributed by atoms with van der Waals surface area (Å²) in [6.45, 7) is 0.665. The zero-order valence-electron chi connectivity index (χ0n) is 12.1. The summed E-state index contributed by atoms with van der Waals surface area (Å²) in [5, 5.41) is 11.9. The van der Waals surface area contributed by atoms with Crippen LogP contribution in [0.15, 0.2) is 30.3 Å². The number of amides is 2. The maximum Gasteiger partial charge on any atom is 0.405 e. The Balaban J connectivity index is 2.42. The molecule has 0 spiro atoms. The second-order valence-corrected chi connectivity index (χ2v) is 4.35. The molecule has 0 unspecified atom stereocenters. The van der Waals surface area contributed by atoms with E-state index in [1.54, 1.807) is 0 Å². The lowest BCUT2D eigenvalue weighted by Crippen LogP contribution is -2.47. The lowest BCUT2D eigenvalue weighted by Gasteiger charge is -2.21. The molecule has 0 bridgehead atoms. The average molecular weight is 296 g/mol. The van der Waals surface area contributed by atoms with Crippen LogP contribution in [0.4, 0.5) is 4.79 Å². The van der Waals surface area contributed by atoms with Gasteiger partial charge in [-0.1, -0.05) is 30.3 Å². The van der Waals surface area contributed by atoms with Crippen molar-refractivity contribution in [1.29, 1.82) is 0 Å². The fourth-order valence-electron chi connectivity index (χ4n) is 1.68. The molecule has 1 atom stereocenters. The van der Waals surface area contributed by atoms with Gasteiger partial charge in [0.15, 0.2) is 0 Å². The van der Waals surface area contributed by atoms with Crippen LogP contribution < -0.4 is 5.32 Å². The minimum Gasteiger partial charge on any atom is -0.465 e. The summed E-state index contributed by atoms with van der Waals surface area (Å²) in [7, 11) is 2.76. The van der Waals surface area contributed by atoms with E-state index in [0.717, 1.165) is 10.6 Å². The number of ether oxygens (including phenoxy) is 1. The van der Waals surface area contributed by atoms with Crippen LogP contribution in [-0.2, 0) is 21.0 Å². The summed E-state index contributed by atoms with van der Waals surface area (Å²) in [6.07, 6.45) is -1.04. The third kappa shape index (κ3) is 6.24. The monoisotopic (exact) mass is 296 g/mol. The van der Waals surface area contributed by atoms with Crippen molar-refractivity contribution in [3.63, 3.8) is 0 Å². The predicted molar refractivity (Wildman–Crippen MR) is 75.4 cm³/mol. The van der Waals surface area contributed by atoms with Gasteiger partial charge < -0.3 is 15.2 Å². The van der Waals surface area contributed by atoms with Gasteiger partial charge >= 0.3 is 6.09 Å². The molecule has 0 aromatic heterocycles. The van der Waals surface area contributed by atoms with Gasteiger partial charge in [0.1, 0.15) is 6.04 Å². The first-order valence-electron chi connectivity index (χ1n) is 6.47. The van der Waals surface area contributed by atoms with Crippen LogP contribution >= 0.6 is 0 Å². The number of carbonyl (C=O) groups excluding carboxylic acids is 1. The Morgan fingerprint density at radius 3 is 2.57 bits per heavy atom. The van der Waals surface area contributed by atoms with Crippen LogP contribution in [-0.4, -0.2) is 49.0 Å². The zero-order valence-corrected chi connectivity index (χ0v) is 12.1. The van der Waals surface area contributed by atoms with Crippen LogP contribution in [0.2, 0.25) is 0 Å². The number of benzene rings is 1. The van der Waals surface area contributed by atoms with E-state index in [1.165, 1.54) is 14.2 Å². The minimum atomic E-state index is -1.26. The largest absolute Gasteiger partial charge is 0.465 e. The second kappa shape index (κ2) is 8.93. The summed E-state index contributed by atoms with van der Waals surface area (Å²) in [5.74, 6) is -0.469. The Morgan fingerprint density at radius 1 is 1.33 bits per heavy atom. The van der Waals surface area contributed by atoms with Gasteiger partial charge in [-0.2, -0.15) is 0 Å². The molecule has 0 fully saturated rings. The number of carboxylic acid groups (broad SMARTS) is 1. The smallest absolute Gasteiger partial charge is 0.405 e. The summed E-state index contributed by atoms with van der Waals surface area (Å²) < 4.78 is 5.45. The molecule has 1 aromatic carbocycles. The van der Waals surface area contributed by atoms with Crippen LogP contribution in [0.1, 0.15) is 12.0 Å². The van der Waals surface area contributed by atoms with Gasteiger partial charge in [0.2, 0.25) is 0 Å². The van der Waals surface area contributed by atoms with Crippen molar-refractivity contribution in [3.05, 3.63) is 35.9 Å². The van der Waals surface area contributed by atoms with E-state index in [1.807, 2.05) is 30.3 Å². The van der Waals surface area contributed by atoms with Crippen molar-refractivity contribution < 1.29 is 24.3 Å². The quantitative estimate of drug-likeness (QED) is 0.557. The van der Waals surface area contributed by atoms with E-state index in [9.17, 15) is 9.59 Å². The van der Waals surface area contributed by atoms with Crippen molar-refractivity contribution in [3.8, 4) is 0 Å². The maximum absolute atomic E-state index is 11.9. The third-order valence-corrected chi connectivity index (χ3v) is 2.84.